The lowest BCUT2D eigenvalue weighted by atomic mass is 10.2. The average Bonchev–Trinajstić information content (AvgIpc) is 3.19. The standard InChI is InChI=1S/C20H17N5O3S/c1-27-16-9-5-4-8-15(16)23-18(26)10-17-24-19(28-25-17)11-29-20-13-6-2-3-7-14(13)21-12-22-20/h2-9,12H,10-11H2,1H3,(H,23,26). The van der Waals surface area contributed by atoms with E-state index in [9.17, 15) is 4.79 Å². The molecule has 4 aromatic rings. The summed E-state index contributed by atoms with van der Waals surface area (Å²) in [5.41, 5.74) is 1.47. The van der Waals surface area contributed by atoms with Crippen molar-refractivity contribution in [3.63, 3.8) is 0 Å². The van der Waals surface area contributed by atoms with Crippen molar-refractivity contribution in [1.29, 1.82) is 0 Å². The van der Waals surface area contributed by atoms with Gasteiger partial charge in [0, 0.05) is 5.39 Å². The molecule has 0 saturated heterocycles. The topological polar surface area (TPSA) is 103 Å². The van der Waals surface area contributed by atoms with Crippen LogP contribution in [0.2, 0.25) is 0 Å². The van der Waals surface area contributed by atoms with Crippen molar-refractivity contribution < 1.29 is 14.1 Å². The molecule has 0 unspecified atom stereocenters. The number of hydrogen-bond donors (Lipinski definition) is 1. The summed E-state index contributed by atoms with van der Waals surface area (Å²) in [6.07, 6.45) is 1.54. The van der Waals surface area contributed by atoms with Crippen LogP contribution in [0.4, 0.5) is 5.69 Å². The third-order valence-electron chi connectivity index (χ3n) is 4.05. The van der Waals surface area contributed by atoms with Crippen LogP contribution in [0, 0.1) is 0 Å². The molecule has 1 N–H and O–H groups in total. The highest BCUT2D eigenvalue weighted by Crippen LogP contribution is 2.27. The molecule has 146 valence electrons. The Labute approximate surface area is 170 Å². The second-order valence-electron chi connectivity index (χ2n) is 6.01. The van der Waals surface area contributed by atoms with Crippen LogP contribution in [0.25, 0.3) is 10.9 Å². The van der Waals surface area contributed by atoms with Crippen molar-refractivity contribution in [3.05, 3.63) is 66.6 Å². The van der Waals surface area contributed by atoms with Gasteiger partial charge in [-0.25, -0.2) is 9.97 Å². The van der Waals surface area contributed by atoms with Gasteiger partial charge in [0.1, 0.15) is 17.1 Å². The number of amides is 1. The molecule has 2 heterocycles. The third kappa shape index (κ3) is 4.52. The molecule has 29 heavy (non-hydrogen) atoms. The number of rotatable bonds is 7. The van der Waals surface area contributed by atoms with Gasteiger partial charge in [0.15, 0.2) is 5.82 Å². The summed E-state index contributed by atoms with van der Waals surface area (Å²) in [5.74, 6) is 1.53. The van der Waals surface area contributed by atoms with Crippen molar-refractivity contribution in [1.82, 2.24) is 20.1 Å². The average molecular weight is 407 g/mol. The maximum absolute atomic E-state index is 12.3. The fraction of sp³-hybridized carbons (Fsp3) is 0.150. The van der Waals surface area contributed by atoms with Gasteiger partial charge in [0.2, 0.25) is 11.8 Å². The number of aromatic nitrogens is 4. The highest BCUT2D eigenvalue weighted by atomic mass is 32.2. The van der Waals surface area contributed by atoms with E-state index in [0.717, 1.165) is 15.9 Å². The van der Waals surface area contributed by atoms with Crippen molar-refractivity contribution in [3.8, 4) is 5.75 Å². The summed E-state index contributed by atoms with van der Waals surface area (Å²) in [6, 6.07) is 15.0. The number of nitrogens with zero attached hydrogens (tertiary/aromatic N) is 4. The van der Waals surface area contributed by atoms with Gasteiger partial charge in [0.25, 0.3) is 0 Å². The quantitative estimate of drug-likeness (QED) is 0.367. The lowest BCUT2D eigenvalue weighted by molar-refractivity contribution is -0.115. The molecule has 8 nitrogen and oxygen atoms in total. The van der Waals surface area contributed by atoms with E-state index >= 15 is 0 Å². The maximum atomic E-state index is 12.3. The number of benzene rings is 2. The zero-order chi connectivity index (χ0) is 20.1. The number of ether oxygens (including phenoxy) is 1. The highest BCUT2D eigenvalue weighted by molar-refractivity contribution is 7.98. The summed E-state index contributed by atoms with van der Waals surface area (Å²) in [7, 11) is 1.55. The normalized spacial score (nSPS) is 10.8. The molecule has 2 aromatic carbocycles. The van der Waals surface area contributed by atoms with Crippen LogP contribution in [-0.4, -0.2) is 33.1 Å². The first kappa shape index (κ1) is 18.9. The van der Waals surface area contributed by atoms with Gasteiger partial charge in [-0.3, -0.25) is 4.79 Å². The van der Waals surface area contributed by atoms with E-state index in [1.807, 2.05) is 36.4 Å². The third-order valence-corrected chi connectivity index (χ3v) is 5.04. The number of anilines is 1. The Kier molecular flexibility index (Phi) is 5.66. The van der Waals surface area contributed by atoms with Crippen LogP contribution in [0.15, 0.2) is 64.4 Å². The predicted molar refractivity (Wildman–Crippen MR) is 109 cm³/mol. The molecular formula is C20H17N5O3S. The maximum Gasteiger partial charge on any atom is 0.237 e. The van der Waals surface area contributed by atoms with Gasteiger partial charge in [0.05, 0.1) is 30.5 Å². The van der Waals surface area contributed by atoms with Crippen molar-refractivity contribution in [2.45, 2.75) is 17.2 Å². The Morgan fingerprint density at radius 1 is 1.14 bits per heavy atom. The molecule has 2 aromatic heterocycles. The smallest absolute Gasteiger partial charge is 0.237 e. The number of carbonyl (C=O) groups is 1. The molecule has 0 saturated carbocycles. The first-order valence-corrected chi connectivity index (χ1v) is 9.78. The van der Waals surface area contributed by atoms with Crippen LogP contribution in [0.1, 0.15) is 11.7 Å². The van der Waals surface area contributed by atoms with E-state index in [-0.39, 0.29) is 12.3 Å². The second-order valence-corrected chi connectivity index (χ2v) is 6.98. The van der Waals surface area contributed by atoms with Crippen LogP contribution in [-0.2, 0) is 17.0 Å². The summed E-state index contributed by atoms with van der Waals surface area (Å²) >= 11 is 1.48. The Bertz CT molecular complexity index is 1140. The Balaban J connectivity index is 1.37. The molecule has 0 spiro atoms. The Hall–Kier alpha value is -3.46. The van der Waals surface area contributed by atoms with Gasteiger partial charge in [-0.1, -0.05) is 47.3 Å². The van der Waals surface area contributed by atoms with Crippen molar-refractivity contribution >= 4 is 34.3 Å². The number of fused-ring (bicyclic) bond motifs is 1. The first-order valence-electron chi connectivity index (χ1n) is 8.80. The molecule has 0 aliphatic heterocycles. The van der Waals surface area contributed by atoms with E-state index in [1.165, 1.54) is 18.1 Å². The van der Waals surface area contributed by atoms with Crippen molar-refractivity contribution in [2.75, 3.05) is 12.4 Å². The van der Waals surface area contributed by atoms with Crippen LogP contribution in [0.3, 0.4) is 0 Å². The SMILES string of the molecule is COc1ccccc1NC(=O)Cc1noc(CSc2ncnc3ccccc23)n1. The van der Waals surface area contributed by atoms with Crippen LogP contribution >= 0.6 is 11.8 Å². The first-order chi connectivity index (χ1) is 14.2. The monoisotopic (exact) mass is 407 g/mol. The molecule has 0 bridgehead atoms. The molecule has 0 atom stereocenters. The lowest BCUT2D eigenvalue weighted by Gasteiger charge is -2.08. The minimum Gasteiger partial charge on any atom is -0.495 e. The second kappa shape index (κ2) is 8.70. The van der Waals surface area contributed by atoms with Crippen LogP contribution < -0.4 is 10.1 Å². The van der Waals surface area contributed by atoms with E-state index in [1.54, 1.807) is 19.2 Å². The lowest BCUT2D eigenvalue weighted by Crippen LogP contribution is -2.15. The fourth-order valence-corrected chi connectivity index (χ4v) is 3.56. The number of para-hydroxylation sites is 3. The molecule has 1 amide bonds. The Morgan fingerprint density at radius 2 is 1.97 bits per heavy atom. The zero-order valence-electron chi connectivity index (χ0n) is 15.5. The number of nitrogens with one attached hydrogen (secondary N) is 1. The van der Waals surface area contributed by atoms with Gasteiger partial charge >= 0.3 is 0 Å². The molecule has 9 heteroatoms. The van der Waals surface area contributed by atoms with Gasteiger partial charge in [-0.2, -0.15) is 4.98 Å². The highest BCUT2D eigenvalue weighted by Gasteiger charge is 2.14. The minimum absolute atomic E-state index is 0.00263. The van der Waals surface area contributed by atoms with Crippen molar-refractivity contribution in [2.24, 2.45) is 0 Å². The molecule has 4 rings (SSSR count). The van der Waals surface area contributed by atoms with E-state index < -0.39 is 0 Å². The zero-order valence-corrected chi connectivity index (χ0v) is 16.3. The number of thioether (sulfide) groups is 1. The van der Waals surface area contributed by atoms with E-state index in [0.29, 0.717) is 28.9 Å². The molecule has 0 aliphatic carbocycles. The van der Waals surface area contributed by atoms with E-state index in [2.05, 4.69) is 25.4 Å². The molecule has 0 fully saturated rings. The van der Waals surface area contributed by atoms with Gasteiger partial charge < -0.3 is 14.6 Å². The summed E-state index contributed by atoms with van der Waals surface area (Å²) < 4.78 is 10.5. The predicted octanol–water partition coefficient (Wildman–Crippen LogP) is 3.49. The summed E-state index contributed by atoms with van der Waals surface area (Å²) in [5, 5.41) is 8.49. The molecular weight excluding hydrogens is 390 g/mol. The number of hydrogen-bond acceptors (Lipinski definition) is 8. The largest absolute Gasteiger partial charge is 0.495 e. The summed E-state index contributed by atoms with van der Waals surface area (Å²) in [4.78, 5) is 25.1. The van der Waals surface area contributed by atoms with Crippen LogP contribution in [0.5, 0.6) is 5.75 Å². The Morgan fingerprint density at radius 3 is 2.86 bits per heavy atom. The molecule has 0 radical (unpaired) electrons. The van der Waals surface area contributed by atoms with E-state index in [4.69, 9.17) is 9.26 Å². The molecule has 0 aliphatic rings. The fourth-order valence-electron chi connectivity index (χ4n) is 2.73. The number of carbonyl (C=O) groups excluding carboxylic acids is 1. The number of methoxy groups -OCH3 is 1. The summed E-state index contributed by atoms with van der Waals surface area (Å²) in [6.45, 7) is 0. The minimum atomic E-state index is -0.253. The van der Waals surface area contributed by atoms with Gasteiger partial charge in [-0.05, 0) is 18.2 Å². The van der Waals surface area contributed by atoms with Gasteiger partial charge in [-0.15, -0.1) is 0 Å².